The molecule has 0 aliphatic carbocycles. The van der Waals surface area contributed by atoms with E-state index in [-0.39, 0.29) is 6.04 Å². The summed E-state index contributed by atoms with van der Waals surface area (Å²) >= 11 is 0. The van der Waals surface area contributed by atoms with E-state index >= 15 is 0 Å². The number of hydrogen-bond acceptors (Lipinski definition) is 4. The van der Waals surface area contributed by atoms with Crippen molar-refractivity contribution in [1.29, 1.82) is 0 Å². The topological polar surface area (TPSA) is 55.0 Å². The Labute approximate surface area is 96.6 Å². The molecule has 94 valence electrons. The Kier molecular flexibility index (Phi) is 3.19. The van der Waals surface area contributed by atoms with E-state index in [1.54, 1.807) is 0 Å². The van der Waals surface area contributed by atoms with Gasteiger partial charge in [0, 0.05) is 19.1 Å². The summed E-state index contributed by atoms with van der Waals surface area (Å²) in [5, 5.41) is 6.80. The van der Waals surface area contributed by atoms with Crippen LogP contribution in [0, 0.1) is 0 Å². The van der Waals surface area contributed by atoms with Gasteiger partial charge in [-0.15, -0.1) is 10.2 Å². The molecule has 1 aromatic rings. The highest BCUT2D eigenvalue weighted by atomic mass is 19.4. The number of halogens is 3. The fraction of sp³-hybridized carbons (Fsp3) is 0.600. The molecule has 1 saturated heterocycles. The van der Waals surface area contributed by atoms with E-state index < -0.39 is 11.9 Å². The van der Waals surface area contributed by atoms with Gasteiger partial charge in [-0.2, -0.15) is 13.2 Å². The fourth-order valence-electron chi connectivity index (χ4n) is 1.86. The molecule has 7 heteroatoms. The maximum Gasteiger partial charge on any atom is 0.435 e. The van der Waals surface area contributed by atoms with Crippen LogP contribution in [0.1, 0.15) is 18.5 Å². The molecule has 1 aliphatic rings. The van der Waals surface area contributed by atoms with Crippen molar-refractivity contribution in [3.8, 4) is 0 Å². The first-order valence-corrected chi connectivity index (χ1v) is 5.38. The quantitative estimate of drug-likeness (QED) is 0.814. The Hall–Kier alpha value is -1.37. The third kappa shape index (κ3) is 2.85. The first-order valence-electron chi connectivity index (χ1n) is 5.38. The Balaban J connectivity index is 2.12. The van der Waals surface area contributed by atoms with Gasteiger partial charge in [0.15, 0.2) is 11.5 Å². The van der Waals surface area contributed by atoms with Crippen LogP contribution in [0.5, 0.6) is 0 Å². The van der Waals surface area contributed by atoms with Crippen molar-refractivity contribution in [3.05, 3.63) is 17.8 Å². The van der Waals surface area contributed by atoms with Gasteiger partial charge in [-0.1, -0.05) is 0 Å². The van der Waals surface area contributed by atoms with Crippen LogP contribution in [-0.4, -0.2) is 29.3 Å². The molecule has 0 unspecified atom stereocenters. The van der Waals surface area contributed by atoms with Crippen LogP contribution in [0.3, 0.4) is 0 Å². The van der Waals surface area contributed by atoms with Gasteiger partial charge in [-0.3, -0.25) is 0 Å². The third-order valence-electron chi connectivity index (χ3n) is 2.72. The molecule has 1 aliphatic heterocycles. The molecule has 0 radical (unpaired) electrons. The molecule has 0 bridgehead atoms. The lowest BCUT2D eigenvalue weighted by Gasteiger charge is -2.31. The summed E-state index contributed by atoms with van der Waals surface area (Å²) in [4.78, 5) is 1.86. The molecule has 17 heavy (non-hydrogen) atoms. The maximum absolute atomic E-state index is 12.3. The largest absolute Gasteiger partial charge is 0.435 e. The minimum absolute atomic E-state index is 0.0489. The molecule has 0 aromatic carbocycles. The Morgan fingerprint density at radius 1 is 1.29 bits per heavy atom. The number of rotatable bonds is 1. The normalized spacial score (nSPS) is 21.6. The molecule has 4 nitrogen and oxygen atoms in total. The smallest absolute Gasteiger partial charge is 0.354 e. The molecule has 1 fully saturated rings. The van der Waals surface area contributed by atoms with Gasteiger partial charge in [0.1, 0.15) is 0 Å². The second kappa shape index (κ2) is 4.48. The van der Waals surface area contributed by atoms with Crippen molar-refractivity contribution in [2.75, 3.05) is 18.0 Å². The number of nitrogens with zero attached hydrogens (tertiary/aromatic N) is 3. The van der Waals surface area contributed by atoms with E-state index in [9.17, 15) is 13.2 Å². The molecule has 2 heterocycles. The molecule has 1 aromatic heterocycles. The van der Waals surface area contributed by atoms with E-state index in [4.69, 9.17) is 5.73 Å². The molecule has 0 amide bonds. The van der Waals surface area contributed by atoms with E-state index in [1.165, 1.54) is 6.07 Å². The standard InChI is InChI=1S/C10H13F3N4/c11-10(12,13)8-3-4-9(16-15-8)17-5-1-2-7(14)6-17/h3-4,7H,1-2,5-6,14H2/t7-/m1/s1. The Morgan fingerprint density at radius 2 is 2.06 bits per heavy atom. The summed E-state index contributed by atoms with van der Waals surface area (Å²) in [7, 11) is 0. The number of anilines is 1. The first-order chi connectivity index (χ1) is 7.97. The van der Waals surface area contributed by atoms with Crippen LogP contribution in [0.15, 0.2) is 12.1 Å². The van der Waals surface area contributed by atoms with Crippen LogP contribution in [0.4, 0.5) is 19.0 Å². The van der Waals surface area contributed by atoms with E-state index in [0.29, 0.717) is 12.4 Å². The molecule has 1 atom stereocenters. The first kappa shape index (κ1) is 12.1. The molecular formula is C10H13F3N4. The van der Waals surface area contributed by atoms with Crippen LogP contribution in [0.25, 0.3) is 0 Å². The number of hydrogen-bond donors (Lipinski definition) is 1. The summed E-state index contributed by atoms with van der Waals surface area (Å²) in [6, 6.07) is 2.34. The summed E-state index contributed by atoms with van der Waals surface area (Å²) < 4.78 is 36.9. The van der Waals surface area contributed by atoms with Crippen molar-refractivity contribution in [2.45, 2.75) is 25.1 Å². The van der Waals surface area contributed by atoms with Crippen molar-refractivity contribution in [2.24, 2.45) is 5.73 Å². The van der Waals surface area contributed by atoms with Gasteiger partial charge in [-0.05, 0) is 25.0 Å². The van der Waals surface area contributed by atoms with Gasteiger partial charge in [0.2, 0.25) is 0 Å². The minimum atomic E-state index is -4.44. The zero-order valence-corrected chi connectivity index (χ0v) is 9.11. The lowest BCUT2D eigenvalue weighted by molar-refractivity contribution is -0.141. The lowest BCUT2D eigenvalue weighted by Crippen LogP contribution is -2.43. The van der Waals surface area contributed by atoms with Crippen molar-refractivity contribution >= 4 is 5.82 Å². The highest BCUT2D eigenvalue weighted by Gasteiger charge is 2.33. The zero-order chi connectivity index (χ0) is 12.5. The monoisotopic (exact) mass is 246 g/mol. The van der Waals surface area contributed by atoms with Gasteiger partial charge in [0.05, 0.1) is 0 Å². The molecule has 2 N–H and O–H groups in total. The summed E-state index contributed by atoms with van der Waals surface area (Å²) in [5.41, 5.74) is 4.82. The summed E-state index contributed by atoms with van der Waals surface area (Å²) in [6.45, 7) is 1.37. The van der Waals surface area contributed by atoms with Crippen molar-refractivity contribution in [3.63, 3.8) is 0 Å². The summed E-state index contributed by atoms with van der Waals surface area (Å²) in [6.07, 6.45) is -2.59. The Bertz CT molecular complexity index is 376. The minimum Gasteiger partial charge on any atom is -0.354 e. The molecule has 0 saturated carbocycles. The van der Waals surface area contributed by atoms with Crippen LogP contribution in [-0.2, 0) is 6.18 Å². The van der Waals surface area contributed by atoms with Crippen molar-refractivity contribution in [1.82, 2.24) is 10.2 Å². The zero-order valence-electron chi connectivity index (χ0n) is 9.11. The highest BCUT2D eigenvalue weighted by molar-refractivity contribution is 5.38. The number of alkyl halides is 3. The second-order valence-electron chi connectivity index (χ2n) is 4.12. The SMILES string of the molecule is N[C@@H]1CCCN(c2ccc(C(F)(F)F)nn2)C1. The lowest BCUT2D eigenvalue weighted by atomic mass is 10.1. The van der Waals surface area contributed by atoms with Gasteiger partial charge < -0.3 is 10.6 Å². The van der Waals surface area contributed by atoms with Gasteiger partial charge in [0.25, 0.3) is 0 Å². The molecule has 2 rings (SSSR count). The van der Waals surface area contributed by atoms with Crippen molar-refractivity contribution < 1.29 is 13.2 Å². The Morgan fingerprint density at radius 3 is 2.59 bits per heavy atom. The third-order valence-corrected chi connectivity index (χ3v) is 2.72. The van der Waals surface area contributed by atoms with Crippen LogP contribution >= 0.6 is 0 Å². The number of aromatic nitrogens is 2. The van der Waals surface area contributed by atoms with E-state index in [0.717, 1.165) is 25.5 Å². The fourth-order valence-corrected chi connectivity index (χ4v) is 1.86. The molecule has 0 spiro atoms. The van der Waals surface area contributed by atoms with Crippen LogP contribution in [0.2, 0.25) is 0 Å². The summed E-state index contributed by atoms with van der Waals surface area (Å²) in [5.74, 6) is 0.452. The van der Waals surface area contributed by atoms with Crippen LogP contribution < -0.4 is 10.6 Å². The second-order valence-corrected chi connectivity index (χ2v) is 4.12. The van der Waals surface area contributed by atoms with Gasteiger partial charge >= 0.3 is 6.18 Å². The average Bonchev–Trinajstić information content (AvgIpc) is 2.28. The average molecular weight is 246 g/mol. The number of piperidine rings is 1. The predicted molar refractivity (Wildman–Crippen MR) is 56.5 cm³/mol. The van der Waals surface area contributed by atoms with E-state index in [1.807, 2.05) is 4.90 Å². The highest BCUT2D eigenvalue weighted by Crippen LogP contribution is 2.27. The maximum atomic E-state index is 12.3. The number of nitrogens with two attached hydrogens (primary N) is 1. The van der Waals surface area contributed by atoms with E-state index in [2.05, 4.69) is 10.2 Å². The van der Waals surface area contributed by atoms with Gasteiger partial charge in [-0.25, -0.2) is 0 Å². The predicted octanol–water partition coefficient (Wildman–Crippen LogP) is 1.42. The molecular weight excluding hydrogens is 233 g/mol.